The van der Waals surface area contributed by atoms with Gasteiger partial charge in [-0.05, 0) is 38.5 Å². The average Bonchev–Trinajstić information content (AvgIpc) is 2.44. The highest BCUT2D eigenvalue weighted by molar-refractivity contribution is 5.76. The molecule has 0 amide bonds. The Bertz CT molecular complexity index is 303. The number of carbonyl (C=O) groups is 2. The van der Waals surface area contributed by atoms with Gasteiger partial charge in [-0.1, -0.05) is 53.4 Å². The van der Waals surface area contributed by atoms with Crippen LogP contribution in [0.3, 0.4) is 0 Å². The van der Waals surface area contributed by atoms with Crippen molar-refractivity contribution in [1.82, 2.24) is 0 Å². The second kappa shape index (κ2) is 9.86. The van der Waals surface area contributed by atoms with Gasteiger partial charge >= 0.3 is 11.9 Å². The number of rotatable bonds is 13. The SMILES string of the molecule is CCCC(CCC)(CCC(CCC)(CCC)C(=O)O)C(=O)O. The second-order valence-electron chi connectivity index (χ2n) is 6.67. The third kappa shape index (κ3) is 5.29. The highest BCUT2D eigenvalue weighted by atomic mass is 16.4. The Kier molecular flexibility index (Phi) is 9.38. The Morgan fingerprint density at radius 1 is 0.591 bits per heavy atom. The summed E-state index contributed by atoms with van der Waals surface area (Å²) < 4.78 is 0. The van der Waals surface area contributed by atoms with Crippen LogP contribution in [0.2, 0.25) is 0 Å². The van der Waals surface area contributed by atoms with Crippen LogP contribution in [0.5, 0.6) is 0 Å². The predicted molar refractivity (Wildman–Crippen MR) is 89.0 cm³/mol. The predicted octanol–water partition coefficient (Wildman–Crippen LogP) is 5.11. The monoisotopic (exact) mass is 314 g/mol. The lowest BCUT2D eigenvalue weighted by atomic mass is 9.68. The summed E-state index contributed by atoms with van der Waals surface area (Å²) in [7, 11) is 0. The summed E-state index contributed by atoms with van der Waals surface area (Å²) in [5.74, 6) is -1.52. The Morgan fingerprint density at radius 3 is 0.955 bits per heavy atom. The molecule has 0 aliphatic carbocycles. The van der Waals surface area contributed by atoms with E-state index in [1.54, 1.807) is 0 Å². The lowest BCUT2D eigenvalue weighted by Crippen LogP contribution is -2.37. The van der Waals surface area contributed by atoms with Gasteiger partial charge in [-0.3, -0.25) is 9.59 Å². The molecule has 4 nitrogen and oxygen atoms in total. The molecule has 4 heteroatoms. The van der Waals surface area contributed by atoms with E-state index in [1.165, 1.54) is 0 Å². The molecule has 0 spiro atoms. The van der Waals surface area contributed by atoms with Crippen LogP contribution in [-0.4, -0.2) is 22.2 Å². The number of hydrogen-bond donors (Lipinski definition) is 2. The van der Waals surface area contributed by atoms with Crippen LogP contribution in [-0.2, 0) is 9.59 Å². The van der Waals surface area contributed by atoms with Gasteiger partial charge in [-0.25, -0.2) is 0 Å². The third-order valence-corrected chi connectivity index (χ3v) is 4.90. The van der Waals surface area contributed by atoms with Crippen molar-refractivity contribution in [2.45, 2.75) is 91.9 Å². The smallest absolute Gasteiger partial charge is 0.309 e. The number of carboxylic acids is 2. The maximum atomic E-state index is 11.9. The van der Waals surface area contributed by atoms with E-state index < -0.39 is 22.8 Å². The van der Waals surface area contributed by atoms with Crippen LogP contribution in [0, 0.1) is 10.8 Å². The lowest BCUT2D eigenvalue weighted by molar-refractivity contribution is -0.156. The van der Waals surface area contributed by atoms with E-state index in [2.05, 4.69) is 0 Å². The molecule has 0 bridgehead atoms. The van der Waals surface area contributed by atoms with Crippen molar-refractivity contribution in [3.63, 3.8) is 0 Å². The van der Waals surface area contributed by atoms with Crippen LogP contribution in [0.1, 0.15) is 91.9 Å². The third-order valence-electron chi connectivity index (χ3n) is 4.90. The second-order valence-corrected chi connectivity index (χ2v) is 6.67. The van der Waals surface area contributed by atoms with E-state index in [0.717, 1.165) is 25.7 Å². The first-order valence-corrected chi connectivity index (χ1v) is 8.81. The molecule has 0 saturated heterocycles. The Balaban J connectivity index is 5.32. The van der Waals surface area contributed by atoms with Gasteiger partial charge in [0.05, 0.1) is 10.8 Å². The maximum absolute atomic E-state index is 11.9. The van der Waals surface area contributed by atoms with Crippen molar-refractivity contribution in [1.29, 1.82) is 0 Å². The van der Waals surface area contributed by atoms with Gasteiger partial charge in [0.2, 0.25) is 0 Å². The van der Waals surface area contributed by atoms with Gasteiger partial charge in [0.25, 0.3) is 0 Å². The van der Waals surface area contributed by atoms with Gasteiger partial charge in [0.1, 0.15) is 0 Å². The Morgan fingerprint density at radius 2 is 0.818 bits per heavy atom. The Hall–Kier alpha value is -1.06. The molecule has 0 aliphatic rings. The minimum atomic E-state index is -0.761. The minimum Gasteiger partial charge on any atom is -0.481 e. The normalized spacial score (nSPS) is 12.4. The maximum Gasteiger partial charge on any atom is 0.309 e. The van der Waals surface area contributed by atoms with Gasteiger partial charge in [-0.2, -0.15) is 0 Å². The molecule has 22 heavy (non-hydrogen) atoms. The molecule has 0 heterocycles. The molecule has 0 saturated carbocycles. The zero-order valence-corrected chi connectivity index (χ0v) is 14.8. The Labute approximate surface area is 135 Å². The first-order valence-electron chi connectivity index (χ1n) is 8.81. The van der Waals surface area contributed by atoms with Gasteiger partial charge < -0.3 is 10.2 Å². The van der Waals surface area contributed by atoms with E-state index in [0.29, 0.717) is 38.5 Å². The zero-order valence-electron chi connectivity index (χ0n) is 14.8. The molecule has 0 unspecified atom stereocenters. The number of aliphatic carboxylic acids is 2. The van der Waals surface area contributed by atoms with Crippen LogP contribution < -0.4 is 0 Å². The zero-order chi connectivity index (χ0) is 17.2. The van der Waals surface area contributed by atoms with Gasteiger partial charge in [0.15, 0.2) is 0 Å². The quantitative estimate of drug-likeness (QED) is 0.495. The van der Waals surface area contributed by atoms with E-state index in [-0.39, 0.29) is 0 Å². The van der Waals surface area contributed by atoms with Crippen molar-refractivity contribution >= 4 is 11.9 Å². The van der Waals surface area contributed by atoms with Gasteiger partial charge in [-0.15, -0.1) is 0 Å². The molecule has 0 radical (unpaired) electrons. The first-order chi connectivity index (χ1) is 10.3. The lowest BCUT2D eigenvalue weighted by Gasteiger charge is -2.35. The number of carboxylic acid groups (broad SMARTS) is 2. The summed E-state index contributed by atoms with van der Waals surface area (Å²) in [6.45, 7) is 7.98. The molecule has 0 rings (SSSR count). The van der Waals surface area contributed by atoms with E-state index in [4.69, 9.17) is 0 Å². The highest BCUT2D eigenvalue weighted by Gasteiger charge is 2.42. The summed E-state index contributed by atoms with van der Waals surface area (Å²) in [5, 5.41) is 19.5. The summed E-state index contributed by atoms with van der Waals surface area (Å²) in [6.07, 6.45) is 6.71. The molecule has 0 fully saturated rings. The van der Waals surface area contributed by atoms with Crippen molar-refractivity contribution in [2.24, 2.45) is 10.8 Å². The summed E-state index contributed by atoms with van der Waals surface area (Å²) in [6, 6.07) is 0. The van der Waals surface area contributed by atoms with Gasteiger partial charge in [0, 0.05) is 0 Å². The fourth-order valence-corrected chi connectivity index (χ4v) is 3.78. The van der Waals surface area contributed by atoms with Crippen LogP contribution >= 0.6 is 0 Å². The molecule has 0 aliphatic heterocycles. The van der Waals surface area contributed by atoms with Crippen LogP contribution in [0.25, 0.3) is 0 Å². The van der Waals surface area contributed by atoms with Crippen LogP contribution in [0.15, 0.2) is 0 Å². The summed E-state index contributed by atoms with van der Waals surface area (Å²) in [5.41, 5.74) is -1.52. The van der Waals surface area contributed by atoms with Crippen LogP contribution in [0.4, 0.5) is 0 Å². The summed E-state index contributed by atoms with van der Waals surface area (Å²) in [4.78, 5) is 23.7. The molecular weight excluding hydrogens is 280 g/mol. The highest BCUT2D eigenvalue weighted by Crippen LogP contribution is 2.43. The molecule has 0 aromatic heterocycles. The molecular formula is C18H34O4. The standard InChI is InChI=1S/C18H34O4/c1-5-9-17(10-6-2,15(19)20)13-14-18(11-7-3,12-8-4)16(21)22/h5-14H2,1-4H3,(H,19,20)(H,21,22). The molecule has 0 aromatic carbocycles. The van der Waals surface area contributed by atoms with Crippen molar-refractivity contribution in [3.05, 3.63) is 0 Å². The van der Waals surface area contributed by atoms with Crippen molar-refractivity contribution < 1.29 is 19.8 Å². The van der Waals surface area contributed by atoms with Crippen molar-refractivity contribution in [3.8, 4) is 0 Å². The van der Waals surface area contributed by atoms with E-state index in [1.807, 2.05) is 27.7 Å². The van der Waals surface area contributed by atoms with Crippen molar-refractivity contribution in [2.75, 3.05) is 0 Å². The van der Waals surface area contributed by atoms with E-state index in [9.17, 15) is 19.8 Å². The first kappa shape index (κ1) is 20.9. The minimum absolute atomic E-state index is 0.469. The topological polar surface area (TPSA) is 74.6 Å². The molecule has 0 aromatic rings. The fourth-order valence-electron chi connectivity index (χ4n) is 3.78. The fraction of sp³-hybridized carbons (Fsp3) is 0.889. The summed E-state index contributed by atoms with van der Waals surface area (Å²) >= 11 is 0. The average molecular weight is 314 g/mol. The number of hydrogen-bond acceptors (Lipinski definition) is 2. The molecule has 2 N–H and O–H groups in total. The largest absolute Gasteiger partial charge is 0.481 e. The molecule has 0 atom stereocenters. The molecule has 130 valence electrons. The van der Waals surface area contributed by atoms with E-state index >= 15 is 0 Å².